The van der Waals surface area contributed by atoms with Crippen LogP contribution >= 0.6 is 11.6 Å². The molecule has 1 unspecified atom stereocenters. The fraction of sp³-hybridized carbons (Fsp3) is 0.188. The Labute approximate surface area is 126 Å². The Hall–Kier alpha value is -2.07. The zero-order valence-electron chi connectivity index (χ0n) is 11.1. The average molecular weight is 309 g/mol. The summed E-state index contributed by atoms with van der Waals surface area (Å²) in [6.07, 6.45) is 0.226. The molecule has 0 spiro atoms. The molecule has 3 nitrogen and oxygen atoms in total. The van der Waals surface area contributed by atoms with Crippen LogP contribution < -0.4 is 4.74 Å². The Kier molecular flexibility index (Phi) is 5.17. The van der Waals surface area contributed by atoms with Crippen molar-refractivity contribution in [1.29, 1.82) is 0 Å². The molecule has 0 amide bonds. The lowest BCUT2D eigenvalue weighted by molar-refractivity contribution is -0.139. The molecule has 2 aromatic carbocycles. The summed E-state index contributed by atoms with van der Waals surface area (Å²) in [5.41, 5.74) is 0.604. The smallest absolute Gasteiger partial charge is 0.311 e. The number of halogens is 2. The van der Waals surface area contributed by atoms with Gasteiger partial charge in [-0.3, -0.25) is 4.79 Å². The van der Waals surface area contributed by atoms with Gasteiger partial charge in [0, 0.05) is 5.02 Å². The first kappa shape index (κ1) is 15.3. The fourth-order valence-electron chi connectivity index (χ4n) is 2.00. The van der Waals surface area contributed by atoms with Gasteiger partial charge in [-0.1, -0.05) is 35.9 Å². The Morgan fingerprint density at radius 1 is 1.24 bits per heavy atom. The Balaban J connectivity index is 2.01. The van der Waals surface area contributed by atoms with E-state index in [0.717, 1.165) is 0 Å². The van der Waals surface area contributed by atoms with Crippen molar-refractivity contribution in [3.63, 3.8) is 0 Å². The van der Waals surface area contributed by atoms with E-state index in [4.69, 9.17) is 16.3 Å². The molecule has 1 N–H and O–H groups in total. The summed E-state index contributed by atoms with van der Waals surface area (Å²) in [5, 5.41) is 9.78. The molecule has 0 bridgehead atoms. The number of hydrogen-bond acceptors (Lipinski definition) is 2. The van der Waals surface area contributed by atoms with E-state index in [9.17, 15) is 14.3 Å². The predicted molar refractivity (Wildman–Crippen MR) is 78.3 cm³/mol. The minimum absolute atomic E-state index is 0.102. The summed E-state index contributed by atoms with van der Waals surface area (Å²) in [7, 11) is 0. The van der Waals surface area contributed by atoms with Gasteiger partial charge in [0.2, 0.25) is 0 Å². The van der Waals surface area contributed by atoms with Crippen molar-refractivity contribution in [2.75, 3.05) is 6.61 Å². The summed E-state index contributed by atoms with van der Waals surface area (Å²) in [6, 6.07) is 12.7. The molecule has 0 radical (unpaired) electrons. The highest BCUT2D eigenvalue weighted by atomic mass is 35.5. The molecular weight excluding hydrogens is 295 g/mol. The van der Waals surface area contributed by atoms with Gasteiger partial charge in [-0.2, -0.15) is 0 Å². The van der Waals surface area contributed by atoms with Crippen molar-refractivity contribution >= 4 is 17.6 Å². The largest absolute Gasteiger partial charge is 0.490 e. The van der Waals surface area contributed by atoms with E-state index in [1.807, 2.05) is 0 Å². The molecule has 0 heterocycles. The van der Waals surface area contributed by atoms with Crippen LogP contribution in [0.2, 0.25) is 5.02 Å². The maximum atomic E-state index is 13.4. The highest BCUT2D eigenvalue weighted by molar-refractivity contribution is 6.30. The van der Waals surface area contributed by atoms with Crippen molar-refractivity contribution in [2.24, 2.45) is 0 Å². The van der Waals surface area contributed by atoms with Gasteiger partial charge in [-0.05, 0) is 36.2 Å². The van der Waals surface area contributed by atoms with Crippen LogP contribution in [-0.4, -0.2) is 17.7 Å². The molecular formula is C16H14ClFO3. The van der Waals surface area contributed by atoms with E-state index in [0.29, 0.717) is 10.6 Å². The Morgan fingerprint density at radius 3 is 2.67 bits per heavy atom. The first-order valence-electron chi connectivity index (χ1n) is 6.43. The standard InChI is InChI=1S/C16H14ClFO3/c17-12-5-3-4-11(10-12)13(16(19)20)8-9-21-15-7-2-1-6-14(15)18/h1-7,10,13H,8-9H2,(H,19,20). The lowest BCUT2D eigenvalue weighted by atomic mass is 9.96. The quantitative estimate of drug-likeness (QED) is 0.873. The molecule has 0 aliphatic carbocycles. The number of ether oxygens (including phenoxy) is 1. The van der Waals surface area contributed by atoms with Crippen molar-refractivity contribution in [1.82, 2.24) is 0 Å². The Bertz CT molecular complexity index is 630. The molecule has 110 valence electrons. The summed E-state index contributed by atoms with van der Waals surface area (Å²) in [4.78, 5) is 11.3. The van der Waals surface area contributed by atoms with Crippen molar-refractivity contribution in [2.45, 2.75) is 12.3 Å². The van der Waals surface area contributed by atoms with Crippen LogP contribution in [0, 0.1) is 5.82 Å². The molecule has 5 heteroatoms. The van der Waals surface area contributed by atoms with E-state index in [-0.39, 0.29) is 18.8 Å². The molecule has 0 aliphatic heterocycles. The third kappa shape index (κ3) is 4.20. The molecule has 2 aromatic rings. The SMILES string of the molecule is O=C(O)C(CCOc1ccccc1F)c1cccc(Cl)c1. The predicted octanol–water partition coefficient (Wildman–Crippen LogP) is 4.12. The maximum Gasteiger partial charge on any atom is 0.311 e. The van der Waals surface area contributed by atoms with E-state index in [1.54, 1.807) is 36.4 Å². The zero-order valence-corrected chi connectivity index (χ0v) is 11.9. The monoisotopic (exact) mass is 308 g/mol. The van der Waals surface area contributed by atoms with E-state index in [2.05, 4.69) is 0 Å². The molecule has 0 aromatic heterocycles. The number of hydrogen-bond donors (Lipinski definition) is 1. The maximum absolute atomic E-state index is 13.4. The lowest BCUT2D eigenvalue weighted by Gasteiger charge is -2.14. The first-order valence-corrected chi connectivity index (χ1v) is 6.81. The third-order valence-electron chi connectivity index (χ3n) is 3.05. The van der Waals surface area contributed by atoms with Gasteiger partial charge >= 0.3 is 5.97 Å². The zero-order chi connectivity index (χ0) is 15.2. The van der Waals surface area contributed by atoms with Gasteiger partial charge in [-0.15, -0.1) is 0 Å². The minimum Gasteiger partial charge on any atom is -0.490 e. The van der Waals surface area contributed by atoms with Crippen molar-refractivity contribution in [3.8, 4) is 5.75 Å². The number of aliphatic carboxylic acids is 1. The second kappa shape index (κ2) is 7.09. The molecule has 0 aliphatic rings. The van der Waals surface area contributed by atoms with Crippen LogP contribution in [0.5, 0.6) is 5.75 Å². The van der Waals surface area contributed by atoms with Crippen LogP contribution in [0.4, 0.5) is 4.39 Å². The first-order chi connectivity index (χ1) is 10.1. The van der Waals surface area contributed by atoms with Gasteiger partial charge in [0.25, 0.3) is 0 Å². The molecule has 21 heavy (non-hydrogen) atoms. The molecule has 2 rings (SSSR count). The minimum atomic E-state index is -0.964. The summed E-state index contributed by atoms with van der Waals surface area (Å²) >= 11 is 5.87. The van der Waals surface area contributed by atoms with Gasteiger partial charge in [-0.25, -0.2) is 4.39 Å². The molecule has 0 fully saturated rings. The molecule has 1 atom stereocenters. The topological polar surface area (TPSA) is 46.5 Å². The summed E-state index contributed by atoms with van der Waals surface area (Å²) < 4.78 is 18.7. The Morgan fingerprint density at radius 2 is 2.00 bits per heavy atom. The number of benzene rings is 2. The number of para-hydroxylation sites is 1. The summed E-state index contributed by atoms with van der Waals surface area (Å²) in [6.45, 7) is 0.102. The van der Waals surface area contributed by atoms with Crippen molar-refractivity contribution < 1.29 is 19.0 Å². The van der Waals surface area contributed by atoms with Crippen LogP contribution in [0.25, 0.3) is 0 Å². The second-order valence-electron chi connectivity index (χ2n) is 4.51. The van der Waals surface area contributed by atoms with Crippen LogP contribution in [-0.2, 0) is 4.79 Å². The highest BCUT2D eigenvalue weighted by Gasteiger charge is 2.20. The van der Waals surface area contributed by atoms with Gasteiger partial charge in [0.15, 0.2) is 11.6 Å². The average Bonchev–Trinajstić information content (AvgIpc) is 2.45. The highest BCUT2D eigenvalue weighted by Crippen LogP contribution is 2.24. The lowest BCUT2D eigenvalue weighted by Crippen LogP contribution is -2.15. The number of carboxylic acid groups (broad SMARTS) is 1. The van der Waals surface area contributed by atoms with Gasteiger partial charge in [0.05, 0.1) is 12.5 Å². The molecule has 0 saturated carbocycles. The van der Waals surface area contributed by atoms with Crippen LogP contribution in [0.15, 0.2) is 48.5 Å². The van der Waals surface area contributed by atoms with E-state index < -0.39 is 17.7 Å². The number of rotatable bonds is 6. The number of carboxylic acids is 1. The summed E-state index contributed by atoms with van der Waals surface area (Å²) in [5.74, 6) is -2.05. The van der Waals surface area contributed by atoms with Gasteiger partial charge < -0.3 is 9.84 Å². The third-order valence-corrected chi connectivity index (χ3v) is 3.28. The molecule has 0 saturated heterocycles. The number of carbonyl (C=O) groups is 1. The van der Waals surface area contributed by atoms with Crippen molar-refractivity contribution in [3.05, 3.63) is 64.9 Å². The fourth-order valence-corrected chi connectivity index (χ4v) is 2.20. The van der Waals surface area contributed by atoms with Crippen LogP contribution in [0.3, 0.4) is 0 Å². The normalized spacial score (nSPS) is 11.9. The second-order valence-corrected chi connectivity index (χ2v) is 4.95. The van der Waals surface area contributed by atoms with Crippen LogP contribution in [0.1, 0.15) is 17.9 Å². The van der Waals surface area contributed by atoms with E-state index in [1.165, 1.54) is 12.1 Å². The van der Waals surface area contributed by atoms with E-state index >= 15 is 0 Å². The van der Waals surface area contributed by atoms with Gasteiger partial charge in [0.1, 0.15) is 0 Å².